The fourth-order valence-corrected chi connectivity index (χ4v) is 3.27. The minimum absolute atomic E-state index is 0.101. The van der Waals surface area contributed by atoms with Gasteiger partial charge in [0.2, 0.25) is 0 Å². The highest BCUT2D eigenvalue weighted by molar-refractivity contribution is 6.30. The van der Waals surface area contributed by atoms with Crippen LogP contribution in [0.2, 0.25) is 5.02 Å². The molecule has 5 heteroatoms. The number of ether oxygens (including phenoxy) is 1. The number of aryl methyl sites for hydroxylation is 2. The summed E-state index contributed by atoms with van der Waals surface area (Å²) in [7, 11) is 0. The summed E-state index contributed by atoms with van der Waals surface area (Å²) < 4.78 is 11.2. The van der Waals surface area contributed by atoms with Crippen LogP contribution in [0.5, 0.6) is 5.75 Å². The Morgan fingerprint density at radius 2 is 1.81 bits per heavy atom. The molecule has 27 heavy (non-hydrogen) atoms. The van der Waals surface area contributed by atoms with E-state index in [1.165, 1.54) is 0 Å². The molecular weight excluding hydrogens is 364 g/mol. The summed E-state index contributed by atoms with van der Waals surface area (Å²) in [5.74, 6) is 0.409. The van der Waals surface area contributed by atoms with E-state index in [4.69, 9.17) is 20.8 Å². The van der Waals surface area contributed by atoms with Gasteiger partial charge in [0.25, 0.3) is 0 Å². The molecule has 0 aliphatic rings. The molecule has 140 valence electrons. The fourth-order valence-electron chi connectivity index (χ4n) is 3.14. The van der Waals surface area contributed by atoms with Crippen molar-refractivity contribution in [1.29, 1.82) is 0 Å². The molecule has 0 saturated heterocycles. The zero-order valence-corrected chi connectivity index (χ0v) is 16.4. The second kappa shape index (κ2) is 7.97. The summed E-state index contributed by atoms with van der Waals surface area (Å²) in [4.78, 5) is 24.5. The van der Waals surface area contributed by atoms with Crippen LogP contribution in [0.25, 0.3) is 11.0 Å². The van der Waals surface area contributed by atoms with E-state index in [1.807, 2.05) is 26.8 Å². The molecule has 0 bridgehead atoms. The molecule has 0 unspecified atom stereocenters. The van der Waals surface area contributed by atoms with Gasteiger partial charge in [0.05, 0.1) is 0 Å². The molecule has 0 radical (unpaired) electrons. The number of fused-ring (bicyclic) bond motifs is 1. The summed E-state index contributed by atoms with van der Waals surface area (Å²) in [5.41, 5.74) is 3.27. The Morgan fingerprint density at radius 1 is 1.11 bits per heavy atom. The minimum atomic E-state index is -0.324. The predicted molar refractivity (Wildman–Crippen MR) is 107 cm³/mol. The van der Waals surface area contributed by atoms with E-state index in [0.29, 0.717) is 33.9 Å². The third-order valence-electron chi connectivity index (χ3n) is 4.73. The van der Waals surface area contributed by atoms with Crippen molar-refractivity contribution in [2.24, 2.45) is 0 Å². The number of rotatable bonds is 6. The van der Waals surface area contributed by atoms with Crippen LogP contribution in [0.4, 0.5) is 0 Å². The zero-order chi connectivity index (χ0) is 19.6. The van der Waals surface area contributed by atoms with Gasteiger partial charge in [0.15, 0.2) is 12.4 Å². The quantitative estimate of drug-likeness (QED) is 0.436. The number of hydrogen-bond donors (Lipinski definition) is 0. The maximum Gasteiger partial charge on any atom is 0.339 e. The van der Waals surface area contributed by atoms with Gasteiger partial charge in [-0.1, -0.05) is 25.4 Å². The number of carbonyl (C=O) groups is 1. The van der Waals surface area contributed by atoms with Gasteiger partial charge in [0, 0.05) is 27.6 Å². The number of benzene rings is 2. The second-order valence-corrected chi connectivity index (χ2v) is 6.81. The summed E-state index contributed by atoms with van der Waals surface area (Å²) in [5, 5.41) is 1.48. The average molecular weight is 385 g/mol. The van der Waals surface area contributed by atoms with E-state index in [0.717, 1.165) is 22.9 Å². The first kappa shape index (κ1) is 19.2. The van der Waals surface area contributed by atoms with Gasteiger partial charge < -0.3 is 9.15 Å². The summed E-state index contributed by atoms with van der Waals surface area (Å²) >= 11 is 5.85. The van der Waals surface area contributed by atoms with Crippen LogP contribution in [-0.2, 0) is 12.8 Å². The topological polar surface area (TPSA) is 56.5 Å². The molecule has 1 aromatic heterocycles. The van der Waals surface area contributed by atoms with E-state index in [1.54, 1.807) is 30.3 Å². The monoisotopic (exact) mass is 384 g/mol. The van der Waals surface area contributed by atoms with Crippen LogP contribution in [0.1, 0.15) is 40.9 Å². The number of Topliss-reactive ketones (excluding diaryl/α,β-unsaturated/α-hetero) is 1. The van der Waals surface area contributed by atoms with Crippen molar-refractivity contribution in [2.45, 2.75) is 33.6 Å². The molecule has 2 aromatic carbocycles. The lowest BCUT2D eigenvalue weighted by Crippen LogP contribution is -2.13. The van der Waals surface area contributed by atoms with Crippen molar-refractivity contribution >= 4 is 28.4 Å². The fraction of sp³-hybridized carbons (Fsp3) is 0.273. The highest BCUT2D eigenvalue weighted by Gasteiger charge is 2.15. The van der Waals surface area contributed by atoms with Crippen LogP contribution in [-0.4, -0.2) is 12.4 Å². The molecule has 0 aliphatic heterocycles. The lowest BCUT2D eigenvalue weighted by molar-refractivity contribution is 0.0921. The first-order valence-electron chi connectivity index (χ1n) is 8.95. The minimum Gasteiger partial charge on any atom is -0.485 e. The van der Waals surface area contributed by atoms with Gasteiger partial charge in [-0.15, -0.1) is 0 Å². The van der Waals surface area contributed by atoms with Gasteiger partial charge in [0.1, 0.15) is 11.3 Å². The average Bonchev–Trinajstić information content (AvgIpc) is 2.66. The van der Waals surface area contributed by atoms with Crippen molar-refractivity contribution in [3.05, 3.63) is 74.1 Å². The molecule has 0 aliphatic carbocycles. The summed E-state index contributed by atoms with van der Waals surface area (Å²) in [6.07, 6.45) is 1.36. The first-order valence-corrected chi connectivity index (χ1v) is 9.33. The SMILES string of the molecule is CCc1cc2c(C)c(CC)c(=O)oc2cc1OCC(=O)c1ccc(Cl)cc1. The molecule has 4 nitrogen and oxygen atoms in total. The van der Waals surface area contributed by atoms with E-state index in [2.05, 4.69) is 0 Å². The summed E-state index contributed by atoms with van der Waals surface area (Å²) in [6, 6.07) is 10.4. The van der Waals surface area contributed by atoms with Crippen molar-refractivity contribution in [2.75, 3.05) is 6.61 Å². The standard InChI is InChI=1S/C22H21ClO4/c1-4-14-10-18-13(3)17(5-2)22(25)27-21(18)11-20(14)26-12-19(24)15-6-8-16(23)9-7-15/h6-11H,4-5,12H2,1-3H3. The van der Waals surface area contributed by atoms with Gasteiger partial charge >= 0.3 is 5.63 Å². The molecule has 0 amide bonds. The van der Waals surface area contributed by atoms with Crippen molar-refractivity contribution in [3.63, 3.8) is 0 Å². The predicted octanol–water partition coefficient (Wildman–Crippen LogP) is 5.14. The largest absolute Gasteiger partial charge is 0.485 e. The zero-order valence-electron chi connectivity index (χ0n) is 15.6. The number of carbonyl (C=O) groups excluding carboxylic acids is 1. The molecule has 3 rings (SSSR count). The number of halogens is 1. The molecular formula is C22H21ClO4. The van der Waals surface area contributed by atoms with Crippen LogP contribution < -0.4 is 10.4 Å². The van der Waals surface area contributed by atoms with Crippen LogP contribution >= 0.6 is 11.6 Å². The molecule has 3 aromatic rings. The van der Waals surface area contributed by atoms with Crippen molar-refractivity contribution in [3.8, 4) is 5.75 Å². The van der Waals surface area contributed by atoms with Gasteiger partial charge in [-0.25, -0.2) is 4.79 Å². The molecule has 0 N–H and O–H groups in total. The van der Waals surface area contributed by atoms with Crippen LogP contribution in [0.3, 0.4) is 0 Å². The van der Waals surface area contributed by atoms with Gasteiger partial charge in [-0.3, -0.25) is 4.79 Å². The third kappa shape index (κ3) is 3.91. The lowest BCUT2D eigenvalue weighted by Gasteiger charge is -2.13. The maximum absolute atomic E-state index is 12.3. The molecule has 0 spiro atoms. The first-order chi connectivity index (χ1) is 12.9. The third-order valence-corrected chi connectivity index (χ3v) is 4.98. The molecule has 1 heterocycles. The van der Waals surface area contributed by atoms with Gasteiger partial charge in [-0.05, 0) is 61.2 Å². The number of ketones is 1. The second-order valence-electron chi connectivity index (χ2n) is 6.38. The van der Waals surface area contributed by atoms with Gasteiger partial charge in [-0.2, -0.15) is 0 Å². The lowest BCUT2D eigenvalue weighted by atomic mass is 10.0. The van der Waals surface area contributed by atoms with E-state index in [9.17, 15) is 9.59 Å². The highest BCUT2D eigenvalue weighted by atomic mass is 35.5. The molecule has 0 atom stereocenters. The Morgan fingerprint density at radius 3 is 2.44 bits per heavy atom. The van der Waals surface area contributed by atoms with E-state index in [-0.39, 0.29) is 18.0 Å². The van der Waals surface area contributed by atoms with Crippen molar-refractivity contribution < 1.29 is 13.9 Å². The van der Waals surface area contributed by atoms with Crippen LogP contribution in [0, 0.1) is 6.92 Å². The Kier molecular flexibility index (Phi) is 5.66. The maximum atomic E-state index is 12.3. The smallest absolute Gasteiger partial charge is 0.339 e. The Balaban J connectivity index is 1.93. The van der Waals surface area contributed by atoms with E-state index >= 15 is 0 Å². The summed E-state index contributed by atoms with van der Waals surface area (Å²) in [6.45, 7) is 5.79. The van der Waals surface area contributed by atoms with Crippen molar-refractivity contribution in [1.82, 2.24) is 0 Å². The highest BCUT2D eigenvalue weighted by Crippen LogP contribution is 2.29. The molecule has 0 saturated carbocycles. The number of hydrogen-bond acceptors (Lipinski definition) is 4. The van der Waals surface area contributed by atoms with E-state index < -0.39 is 0 Å². The normalized spacial score (nSPS) is 11.0. The van der Waals surface area contributed by atoms with Crippen LogP contribution in [0.15, 0.2) is 45.6 Å². The Bertz CT molecular complexity index is 1050. The Labute approximate surface area is 162 Å². The molecule has 0 fully saturated rings. The Hall–Kier alpha value is -2.59.